The van der Waals surface area contributed by atoms with Crippen LogP contribution in [0.3, 0.4) is 0 Å². The molecule has 3 nitrogen and oxygen atoms in total. The van der Waals surface area contributed by atoms with Crippen LogP contribution in [0.25, 0.3) is 0 Å². The summed E-state index contributed by atoms with van der Waals surface area (Å²) in [6, 6.07) is 10.3. The van der Waals surface area contributed by atoms with Gasteiger partial charge in [0, 0.05) is 6.42 Å². The lowest BCUT2D eigenvalue weighted by atomic mass is 9.87. The van der Waals surface area contributed by atoms with Crippen molar-refractivity contribution in [1.29, 1.82) is 5.26 Å². The van der Waals surface area contributed by atoms with Crippen molar-refractivity contribution in [2.45, 2.75) is 45.6 Å². The zero-order valence-corrected chi connectivity index (χ0v) is 12.4. The van der Waals surface area contributed by atoms with Crippen molar-refractivity contribution in [3.63, 3.8) is 0 Å². The van der Waals surface area contributed by atoms with Crippen LogP contribution in [0, 0.1) is 11.3 Å². The normalized spacial score (nSPS) is 12.8. The van der Waals surface area contributed by atoms with Gasteiger partial charge >= 0.3 is 0 Å². The van der Waals surface area contributed by atoms with Gasteiger partial charge in [0.1, 0.15) is 5.75 Å². The molecule has 0 bridgehead atoms. The van der Waals surface area contributed by atoms with Crippen molar-refractivity contribution in [3.05, 3.63) is 29.8 Å². The highest BCUT2D eigenvalue weighted by Crippen LogP contribution is 2.25. The molecular weight excluding hydrogens is 236 g/mol. The quantitative estimate of drug-likeness (QED) is 0.854. The van der Waals surface area contributed by atoms with Gasteiger partial charge in [-0.15, -0.1) is 0 Å². The summed E-state index contributed by atoms with van der Waals surface area (Å²) in [5.74, 6) is 0.876. The first-order chi connectivity index (χ1) is 8.97. The van der Waals surface area contributed by atoms with Crippen molar-refractivity contribution < 1.29 is 4.74 Å². The first-order valence-electron chi connectivity index (χ1n) is 6.83. The second-order valence-corrected chi connectivity index (χ2v) is 5.65. The number of hydrogen-bond donors (Lipinski definition) is 1. The van der Waals surface area contributed by atoms with Crippen molar-refractivity contribution >= 4 is 0 Å². The highest BCUT2D eigenvalue weighted by Gasteiger charge is 2.14. The van der Waals surface area contributed by atoms with Gasteiger partial charge in [0.05, 0.1) is 18.7 Å². The van der Waals surface area contributed by atoms with Gasteiger partial charge in [0.25, 0.3) is 0 Å². The highest BCUT2D eigenvalue weighted by atomic mass is 16.5. The topological polar surface area (TPSA) is 45.0 Å². The van der Waals surface area contributed by atoms with Crippen LogP contribution in [0.1, 0.15) is 39.7 Å². The minimum atomic E-state index is -0.129. The second kappa shape index (κ2) is 7.16. The maximum atomic E-state index is 8.94. The van der Waals surface area contributed by atoms with Crippen LogP contribution in [0.4, 0.5) is 0 Å². The summed E-state index contributed by atoms with van der Waals surface area (Å²) in [5.41, 5.74) is 1.38. The SMILES string of the molecule is CCNC(C#N)CCOc1cccc(C(C)(C)C)c1. The van der Waals surface area contributed by atoms with Gasteiger partial charge < -0.3 is 10.1 Å². The van der Waals surface area contributed by atoms with Crippen LogP contribution >= 0.6 is 0 Å². The van der Waals surface area contributed by atoms with Gasteiger partial charge in [-0.3, -0.25) is 0 Å². The zero-order valence-electron chi connectivity index (χ0n) is 12.4. The van der Waals surface area contributed by atoms with E-state index in [1.807, 2.05) is 19.1 Å². The van der Waals surface area contributed by atoms with Crippen LogP contribution in [0.2, 0.25) is 0 Å². The lowest BCUT2D eigenvalue weighted by Gasteiger charge is -2.20. The van der Waals surface area contributed by atoms with Gasteiger partial charge in [0.15, 0.2) is 0 Å². The molecule has 1 aromatic rings. The van der Waals surface area contributed by atoms with E-state index in [0.717, 1.165) is 12.3 Å². The molecule has 19 heavy (non-hydrogen) atoms. The first-order valence-corrected chi connectivity index (χ1v) is 6.83. The minimum absolute atomic E-state index is 0.123. The number of ether oxygens (including phenoxy) is 1. The molecule has 1 N–H and O–H groups in total. The van der Waals surface area contributed by atoms with Crippen LogP contribution in [-0.2, 0) is 5.41 Å². The number of rotatable bonds is 6. The van der Waals surface area contributed by atoms with E-state index in [1.54, 1.807) is 0 Å². The lowest BCUT2D eigenvalue weighted by Crippen LogP contribution is -2.28. The summed E-state index contributed by atoms with van der Waals surface area (Å²) in [6.45, 7) is 9.91. The maximum absolute atomic E-state index is 8.94. The molecule has 0 saturated carbocycles. The molecule has 0 aliphatic rings. The number of nitriles is 1. The Balaban J connectivity index is 2.52. The second-order valence-electron chi connectivity index (χ2n) is 5.65. The minimum Gasteiger partial charge on any atom is -0.493 e. The monoisotopic (exact) mass is 260 g/mol. The highest BCUT2D eigenvalue weighted by molar-refractivity contribution is 5.32. The Hall–Kier alpha value is -1.53. The van der Waals surface area contributed by atoms with Crippen molar-refractivity contribution in [2.24, 2.45) is 0 Å². The van der Waals surface area contributed by atoms with E-state index in [2.05, 4.69) is 44.3 Å². The molecule has 0 fully saturated rings. The smallest absolute Gasteiger partial charge is 0.119 e. The molecule has 0 heterocycles. The van der Waals surface area contributed by atoms with Crippen LogP contribution < -0.4 is 10.1 Å². The Labute approximate surface area is 116 Å². The van der Waals surface area contributed by atoms with E-state index in [0.29, 0.717) is 13.0 Å². The standard InChI is InChI=1S/C16H24N2O/c1-5-18-14(12-17)9-10-19-15-8-6-7-13(11-15)16(2,3)4/h6-8,11,14,18H,5,9-10H2,1-4H3. The predicted octanol–water partition coefficient (Wildman–Crippen LogP) is 3.25. The van der Waals surface area contributed by atoms with E-state index < -0.39 is 0 Å². The van der Waals surface area contributed by atoms with Gasteiger partial charge in [-0.05, 0) is 29.7 Å². The summed E-state index contributed by atoms with van der Waals surface area (Å²) in [5, 5.41) is 12.1. The molecule has 0 aromatic heterocycles. The summed E-state index contributed by atoms with van der Waals surface area (Å²) in [4.78, 5) is 0. The molecular formula is C16H24N2O. The van der Waals surface area contributed by atoms with Gasteiger partial charge in [0.2, 0.25) is 0 Å². The van der Waals surface area contributed by atoms with Crippen LogP contribution in [0.5, 0.6) is 5.75 Å². The average molecular weight is 260 g/mol. The predicted molar refractivity (Wildman–Crippen MR) is 78.3 cm³/mol. The fraction of sp³-hybridized carbons (Fsp3) is 0.562. The lowest BCUT2D eigenvalue weighted by molar-refractivity contribution is 0.298. The van der Waals surface area contributed by atoms with Gasteiger partial charge in [-0.2, -0.15) is 5.26 Å². The molecule has 0 aliphatic carbocycles. The molecule has 1 atom stereocenters. The van der Waals surface area contributed by atoms with E-state index in [9.17, 15) is 0 Å². The Morgan fingerprint density at radius 2 is 2.11 bits per heavy atom. The van der Waals surface area contributed by atoms with Gasteiger partial charge in [-0.25, -0.2) is 0 Å². The Bertz CT molecular complexity index is 429. The van der Waals surface area contributed by atoms with Gasteiger partial charge in [-0.1, -0.05) is 39.8 Å². The number of nitrogens with zero attached hydrogens (tertiary/aromatic N) is 1. The molecule has 0 amide bonds. The molecule has 3 heteroatoms. The molecule has 1 unspecified atom stereocenters. The fourth-order valence-electron chi connectivity index (χ4n) is 1.81. The molecule has 0 radical (unpaired) electrons. The molecule has 0 spiro atoms. The summed E-state index contributed by atoms with van der Waals surface area (Å²) >= 11 is 0. The Morgan fingerprint density at radius 3 is 2.68 bits per heavy atom. The Morgan fingerprint density at radius 1 is 1.37 bits per heavy atom. The summed E-state index contributed by atoms with van der Waals surface area (Å²) in [6.07, 6.45) is 0.698. The van der Waals surface area contributed by atoms with Crippen LogP contribution in [0.15, 0.2) is 24.3 Å². The first kappa shape index (κ1) is 15.5. The average Bonchev–Trinajstić information content (AvgIpc) is 2.37. The zero-order chi connectivity index (χ0) is 14.3. The number of hydrogen-bond acceptors (Lipinski definition) is 3. The van der Waals surface area contributed by atoms with Crippen molar-refractivity contribution in [1.82, 2.24) is 5.32 Å². The molecule has 0 saturated heterocycles. The van der Waals surface area contributed by atoms with E-state index in [4.69, 9.17) is 10.00 Å². The molecule has 1 rings (SSSR count). The third-order valence-corrected chi connectivity index (χ3v) is 2.98. The van der Waals surface area contributed by atoms with Crippen molar-refractivity contribution in [2.75, 3.05) is 13.2 Å². The summed E-state index contributed by atoms with van der Waals surface area (Å²) < 4.78 is 5.73. The van der Waals surface area contributed by atoms with Crippen molar-refractivity contribution in [3.8, 4) is 11.8 Å². The fourth-order valence-corrected chi connectivity index (χ4v) is 1.81. The number of nitrogens with one attached hydrogen (secondary N) is 1. The molecule has 0 aliphatic heterocycles. The summed E-state index contributed by atoms with van der Waals surface area (Å²) in [7, 11) is 0. The van der Waals surface area contributed by atoms with E-state index in [-0.39, 0.29) is 11.5 Å². The maximum Gasteiger partial charge on any atom is 0.119 e. The third kappa shape index (κ3) is 5.32. The Kier molecular flexibility index (Phi) is 5.85. The van der Waals surface area contributed by atoms with Crippen LogP contribution in [-0.4, -0.2) is 19.2 Å². The number of benzene rings is 1. The third-order valence-electron chi connectivity index (χ3n) is 2.98. The van der Waals surface area contributed by atoms with E-state index in [1.165, 1.54) is 5.56 Å². The molecule has 104 valence electrons. The van der Waals surface area contributed by atoms with E-state index >= 15 is 0 Å². The largest absolute Gasteiger partial charge is 0.493 e. The molecule has 1 aromatic carbocycles.